The number of hydrogen-bond acceptors (Lipinski definition) is 8. The molecular formula is C38H45N3O8S. The molecule has 0 fully saturated rings. The molecule has 0 radical (unpaired) electrons. The molecule has 2 amide bonds. The van der Waals surface area contributed by atoms with E-state index in [2.05, 4.69) is 5.32 Å². The molecule has 0 spiro atoms. The van der Waals surface area contributed by atoms with Crippen LogP contribution in [0.4, 0.5) is 5.69 Å². The van der Waals surface area contributed by atoms with Crippen molar-refractivity contribution in [1.29, 1.82) is 0 Å². The van der Waals surface area contributed by atoms with Gasteiger partial charge in [-0.15, -0.1) is 0 Å². The maximum atomic E-state index is 14.8. The molecule has 0 aliphatic carbocycles. The minimum absolute atomic E-state index is 0.0474. The molecular weight excluding hydrogens is 658 g/mol. The number of nitrogens with zero attached hydrogens (tertiary/aromatic N) is 2. The Kier molecular flexibility index (Phi) is 13.1. The minimum Gasteiger partial charge on any atom is -0.497 e. The average molecular weight is 704 g/mol. The summed E-state index contributed by atoms with van der Waals surface area (Å²) in [4.78, 5) is 30.1. The number of rotatable bonds is 17. The first kappa shape index (κ1) is 37.6. The standard InChI is InChI=1S/C38H45N3O8S/c1-27(2)24-39-38(43)33(21-28-13-9-7-10-14-28)40(25-29-15-11-8-12-16-29)37(42)26-41(32-22-30(46-3)17-19-34(32)47-4)50(44,45)31-18-20-35(48-5)36(23-31)49-6/h7-20,22-23,27,33H,21,24-26H2,1-6H3,(H,39,43). The Morgan fingerprint density at radius 3 is 1.90 bits per heavy atom. The summed E-state index contributed by atoms with van der Waals surface area (Å²) in [6, 6.07) is 26.6. The Morgan fingerprint density at radius 1 is 0.720 bits per heavy atom. The van der Waals surface area contributed by atoms with Gasteiger partial charge in [0.1, 0.15) is 24.1 Å². The van der Waals surface area contributed by atoms with Gasteiger partial charge in [0.05, 0.1) is 39.0 Å². The van der Waals surface area contributed by atoms with E-state index in [9.17, 15) is 18.0 Å². The Balaban J connectivity index is 1.88. The zero-order valence-electron chi connectivity index (χ0n) is 29.3. The predicted octanol–water partition coefficient (Wildman–Crippen LogP) is 5.33. The number of hydrogen-bond donors (Lipinski definition) is 1. The van der Waals surface area contributed by atoms with Crippen LogP contribution in [-0.2, 0) is 32.6 Å². The number of carbonyl (C=O) groups is 2. The van der Waals surface area contributed by atoms with Crippen molar-refractivity contribution >= 4 is 27.5 Å². The summed E-state index contributed by atoms with van der Waals surface area (Å²) in [5.41, 5.74) is 1.68. The number of methoxy groups -OCH3 is 4. The normalized spacial score (nSPS) is 11.7. The van der Waals surface area contributed by atoms with E-state index >= 15 is 0 Å². The molecule has 266 valence electrons. The smallest absolute Gasteiger partial charge is 0.265 e. The van der Waals surface area contributed by atoms with Gasteiger partial charge in [0, 0.05) is 31.6 Å². The van der Waals surface area contributed by atoms with Crippen LogP contribution in [0.2, 0.25) is 0 Å². The van der Waals surface area contributed by atoms with Gasteiger partial charge >= 0.3 is 0 Å². The SMILES string of the molecule is COc1ccc(OC)c(N(CC(=O)N(Cc2ccccc2)C(Cc2ccccc2)C(=O)NCC(C)C)S(=O)(=O)c2ccc(OC)c(OC)c2)c1. The number of anilines is 1. The van der Waals surface area contributed by atoms with Crippen molar-refractivity contribution in [2.24, 2.45) is 5.92 Å². The molecule has 0 saturated carbocycles. The first-order valence-electron chi connectivity index (χ1n) is 16.1. The zero-order valence-corrected chi connectivity index (χ0v) is 30.1. The molecule has 4 rings (SSSR count). The third-order valence-corrected chi connectivity index (χ3v) is 9.78. The zero-order chi connectivity index (χ0) is 36.3. The van der Waals surface area contributed by atoms with Crippen molar-refractivity contribution in [2.75, 3.05) is 45.8 Å². The number of carbonyl (C=O) groups excluding carboxylic acids is 2. The van der Waals surface area contributed by atoms with Crippen LogP contribution < -0.4 is 28.6 Å². The first-order valence-corrected chi connectivity index (χ1v) is 17.6. The summed E-state index contributed by atoms with van der Waals surface area (Å²) < 4.78 is 52.0. The second kappa shape index (κ2) is 17.4. The molecule has 1 N–H and O–H groups in total. The minimum atomic E-state index is -4.48. The first-order chi connectivity index (χ1) is 24.0. The quantitative estimate of drug-likeness (QED) is 0.157. The van der Waals surface area contributed by atoms with Crippen molar-refractivity contribution in [3.63, 3.8) is 0 Å². The van der Waals surface area contributed by atoms with Crippen LogP contribution in [0.3, 0.4) is 0 Å². The lowest BCUT2D eigenvalue weighted by Gasteiger charge is -2.34. The summed E-state index contributed by atoms with van der Waals surface area (Å²) in [6.07, 6.45) is 0.203. The molecule has 4 aromatic rings. The number of benzene rings is 4. The fourth-order valence-corrected chi connectivity index (χ4v) is 6.80. The van der Waals surface area contributed by atoms with Crippen molar-refractivity contribution in [3.8, 4) is 23.0 Å². The highest BCUT2D eigenvalue weighted by atomic mass is 32.2. The highest BCUT2D eigenvalue weighted by molar-refractivity contribution is 7.92. The topological polar surface area (TPSA) is 124 Å². The highest BCUT2D eigenvalue weighted by Gasteiger charge is 2.36. The molecule has 12 heteroatoms. The van der Waals surface area contributed by atoms with E-state index < -0.39 is 28.5 Å². The van der Waals surface area contributed by atoms with Crippen LogP contribution in [0.15, 0.2) is 102 Å². The predicted molar refractivity (Wildman–Crippen MR) is 192 cm³/mol. The molecule has 0 bridgehead atoms. The molecule has 0 heterocycles. The second-order valence-corrected chi connectivity index (χ2v) is 13.8. The Labute approximate surface area is 294 Å². The van der Waals surface area contributed by atoms with Crippen molar-refractivity contribution in [1.82, 2.24) is 10.2 Å². The summed E-state index contributed by atoms with van der Waals surface area (Å²) in [5.74, 6) is 0.261. The van der Waals surface area contributed by atoms with Crippen LogP contribution in [0.1, 0.15) is 25.0 Å². The van der Waals surface area contributed by atoms with Gasteiger partial charge in [0.2, 0.25) is 11.8 Å². The second-order valence-electron chi connectivity index (χ2n) is 11.9. The fraction of sp³-hybridized carbons (Fsp3) is 0.316. The molecule has 0 saturated heterocycles. The lowest BCUT2D eigenvalue weighted by Crippen LogP contribution is -2.53. The van der Waals surface area contributed by atoms with E-state index in [0.717, 1.165) is 15.4 Å². The van der Waals surface area contributed by atoms with Crippen LogP contribution in [-0.4, -0.2) is 72.7 Å². The monoisotopic (exact) mass is 703 g/mol. The lowest BCUT2D eigenvalue weighted by atomic mass is 10.0. The van der Waals surface area contributed by atoms with Gasteiger partial charge in [0.15, 0.2) is 11.5 Å². The van der Waals surface area contributed by atoms with E-state index in [4.69, 9.17) is 18.9 Å². The molecule has 11 nitrogen and oxygen atoms in total. The summed E-state index contributed by atoms with van der Waals surface area (Å²) in [6.45, 7) is 3.75. The van der Waals surface area contributed by atoms with Gasteiger partial charge in [-0.3, -0.25) is 13.9 Å². The highest BCUT2D eigenvalue weighted by Crippen LogP contribution is 2.38. The van der Waals surface area contributed by atoms with Crippen molar-refractivity contribution in [3.05, 3.63) is 108 Å². The van der Waals surface area contributed by atoms with Gasteiger partial charge in [-0.05, 0) is 41.3 Å². The number of sulfonamides is 1. The molecule has 50 heavy (non-hydrogen) atoms. The summed E-state index contributed by atoms with van der Waals surface area (Å²) in [5, 5.41) is 2.99. The number of nitrogens with one attached hydrogen (secondary N) is 1. The van der Waals surface area contributed by atoms with Gasteiger partial charge in [-0.2, -0.15) is 0 Å². The molecule has 1 atom stereocenters. The van der Waals surface area contributed by atoms with E-state index in [-0.39, 0.29) is 46.9 Å². The van der Waals surface area contributed by atoms with Crippen molar-refractivity contribution < 1.29 is 37.0 Å². The van der Waals surface area contributed by atoms with E-state index in [1.54, 1.807) is 12.1 Å². The Bertz CT molecular complexity index is 1840. The fourth-order valence-electron chi connectivity index (χ4n) is 5.37. The van der Waals surface area contributed by atoms with Gasteiger partial charge in [-0.25, -0.2) is 8.42 Å². The molecule has 0 aliphatic rings. The van der Waals surface area contributed by atoms with Crippen LogP contribution >= 0.6 is 0 Å². The van der Waals surface area contributed by atoms with Gasteiger partial charge in [0.25, 0.3) is 10.0 Å². The van der Waals surface area contributed by atoms with Gasteiger partial charge < -0.3 is 29.2 Å². The third kappa shape index (κ3) is 9.26. The van der Waals surface area contributed by atoms with Crippen LogP contribution in [0.25, 0.3) is 0 Å². The maximum Gasteiger partial charge on any atom is 0.265 e. The van der Waals surface area contributed by atoms with E-state index in [0.29, 0.717) is 18.0 Å². The molecule has 0 aromatic heterocycles. The largest absolute Gasteiger partial charge is 0.497 e. The van der Waals surface area contributed by atoms with Crippen molar-refractivity contribution in [2.45, 2.75) is 37.8 Å². The summed E-state index contributed by atoms with van der Waals surface area (Å²) >= 11 is 0. The van der Waals surface area contributed by atoms with E-state index in [1.165, 1.54) is 57.6 Å². The van der Waals surface area contributed by atoms with Crippen LogP contribution in [0.5, 0.6) is 23.0 Å². The third-order valence-electron chi connectivity index (χ3n) is 8.03. The maximum absolute atomic E-state index is 14.8. The van der Waals surface area contributed by atoms with E-state index in [1.807, 2.05) is 74.5 Å². The number of amides is 2. The summed E-state index contributed by atoms with van der Waals surface area (Å²) in [7, 11) is 1.23. The average Bonchev–Trinajstić information content (AvgIpc) is 3.14. The molecule has 0 aliphatic heterocycles. The lowest BCUT2D eigenvalue weighted by molar-refractivity contribution is -0.140. The Morgan fingerprint density at radius 2 is 1.32 bits per heavy atom. The van der Waals surface area contributed by atoms with Crippen LogP contribution in [0, 0.1) is 5.92 Å². The number of ether oxygens (including phenoxy) is 4. The Hall–Kier alpha value is -5.23. The van der Waals surface area contributed by atoms with Gasteiger partial charge in [-0.1, -0.05) is 74.5 Å². The molecule has 1 unspecified atom stereocenters. The molecule has 4 aromatic carbocycles.